The predicted molar refractivity (Wildman–Crippen MR) is 117 cm³/mol. The molecule has 1 aromatic heterocycles. The molecule has 9 heteroatoms. The lowest BCUT2D eigenvalue weighted by Crippen LogP contribution is -2.27. The van der Waals surface area contributed by atoms with E-state index in [0.29, 0.717) is 11.4 Å². The van der Waals surface area contributed by atoms with Crippen LogP contribution in [-0.4, -0.2) is 33.7 Å². The average Bonchev–Trinajstić information content (AvgIpc) is 3.29. The fourth-order valence-electron chi connectivity index (χ4n) is 3.69. The molecule has 0 spiro atoms. The number of aromatic nitrogens is 2. The molecule has 2 aromatic carbocycles. The highest BCUT2D eigenvalue weighted by Gasteiger charge is 2.20. The van der Waals surface area contributed by atoms with Crippen molar-refractivity contribution in [2.75, 3.05) is 23.3 Å². The SMILES string of the molecule is Cc1cc(=O)c(C(=O)Nc2cccc(N3CCCC3)c2)nn1-c1ccccc1[N+](=O)[O-]. The smallest absolute Gasteiger partial charge is 0.294 e. The Bertz CT molecular complexity index is 1210. The van der Waals surface area contributed by atoms with E-state index in [0.717, 1.165) is 31.6 Å². The summed E-state index contributed by atoms with van der Waals surface area (Å²) in [7, 11) is 0. The molecular weight excluding hydrogens is 398 g/mol. The third-order valence-electron chi connectivity index (χ3n) is 5.20. The summed E-state index contributed by atoms with van der Waals surface area (Å²) in [5, 5.41) is 18.3. The summed E-state index contributed by atoms with van der Waals surface area (Å²) >= 11 is 0. The maximum Gasteiger partial charge on any atom is 0.294 e. The van der Waals surface area contributed by atoms with Gasteiger partial charge in [0.05, 0.1) is 4.92 Å². The maximum atomic E-state index is 12.8. The molecule has 0 aliphatic carbocycles. The van der Waals surface area contributed by atoms with Crippen molar-refractivity contribution in [2.45, 2.75) is 19.8 Å². The van der Waals surface area contributed by atoms with Crippen molar-refractivity contribution in [3.8, 4) is 5.69 Å². The van der Waals surface area contributed by atoms with Crippen molar-refractivity contribution in [1.82, 2.24) is 9.78 Å². The highest BCUT2D eigenvalue weighted by Crippen LogP contribution is 2.24. The zero-order valence-corrected chi connectivity index (χ0v) is 16.9. The summed E-state index contributed by atoms with van der Waals surface area (Å²) in [5.41, 5.74) is 1.04. The molecule has 1 aliphatic rings. The van der Waals surface area contributed by atoms with Gasteiger partial charge in [0, 0.05) is 42.3 Å². The molecule has 1 fully saturated rings. The molecule has 4 rings (SSSR count). The standard InChI is InChI=1S/C22H21N5O4/c1-15-13-20(28)21(24-26(15)18-9-2-3-10-19(18)27(30)31)22(29)23-16-7-6-8-17(14-16)25-11-4-5-12-25/h2-3,6-10,13-14H,4-5,11-12H2,1H3,(H,23,29). The van der Waals surface area contributed by atoms with E-state index in [9.17, 15) is 19.7 Å². The molecule has 9 nitrogen and oxygen atoms in total. The van der Waals surface area contributed by atoms with E-state index in [1.165, 1.54) is 22.9 Å². The number of para-hydroxylation sites is 2. The fraction of sp³-hybridized carbons (Fsp3) is 0.227. The van der Waals surface area contributed by atoms with Gasteiger partial charge in [-0.15, -0.1) is 0 Å². The van der Waals surface area contributed by atoms with Crippen LogP contribution in [0.5, 0.6) is 0 Å². The maximum absolute atomic E-state index is 12.8. The van der Waals surface area contributed by atoms with Gasteiger partial charge in [0.1, 0.15) is 5.69 Å². The van der Waals surface area contributed by atoms with Crippen molar-refractivity contribution in [3.05, 3.63) is 86.3 Å². The second-order valence-corrected chi connectivity index (χ2v) is 7.35. The van der Waals surface area contributed by atoms with Crippen LogP contribution in [0.25, 0.3) is 5.69 Å². The fourth-order valence-corrected chi connectivity index (χ4v) is 3.69. The van der Waals surface area contributed by atoms with Gasteiger partial charge in [0.25, 0.3) is 11.6 Å². The first-order valence-electron chi connectivity index (χ1n) is 9.95. The second kappa shape index (κ2) is 8.39. The third-order valence-corrected chi connectivity index (χ3v) is 5.20. The number of amides is 1. The molecule has 2 heterocycles. The Kier molecular flexibility index (Phi) is 5.48. The molecule has 0 bridgehead atoms. The number of aryl methyl sites for hydroxylation is 1. The van der Waals surface area contributed by atoms with Gasteiger partial charge in [-0.25, -0.2) is 4.68 Å². The van der Waals surface area contributed by atoms with Gasteiger partial charge in [-0.1, -0.05) is 18.2 Å². The van der Waals surface area contributed by atoms with Crippen molar-refractivity contribution >= 4 is 23.0 Å². The van der Waals surface area contributed by atoms with Gasteiger partial charge in [0.15, 0.2) is 5.69 Å². The topological polar surface area (TPSA) is 110 Å². The molecule has 0 radical (unpaired) electrons. The van der Waals surface area contributed by atoms with Crippen molar-refractivity contribution < 1.29 is 9.72 Å². The lowest BCUT2D eigenvalue weighted by atomic mass is 10.2. The number of hydrogen-bond donors (Lipinski definition) is 1. The van der Waals surface area contributed by atoms with Crippen LogP contribution in [0.4, 0.5) is 17.1 Å². The number of nitro groups is 1. The monoisotopic (exact) mass is 419 g/mol. The Morgan fingerprint density at radius 1 is 1.10 bits per heavy atom. The summed E-state index contributed by atoms with van der Waals surface area (Å²) in [4.78, 5) is 38.4. The highest BCUT2D eigenvalue weighted by atomic mass is 16.6. The van der Waals surface area contributed by atoms with Crippen molar-refractivity contribution in [2.24, 2.45) is 0 Å². The molecule has 3 aromatic rings. The van der Waals surface area contributed by atoms with Gasteiger partial charge in [-0.3, -0.25) is 19.7 Å². The Labute approximate surface area is 178 Å². The predicted octanol–water partition coefficient (Wildman–Crippen LogP) is 3.30. The van der Waals surface area contributed by atoms with E-state index in [-0.39, 0.29) is 17.1 Å². The molecule has 158 valence electrons. The molecule has 1 amide bonds. The lowest BCUT2D eigenvalue weighted by molar-refractivity contribution is -0.384. The second-order valence-electron chi connectivity index (χ2n) is 7.35. The van der Waals surface area contributed by atoms with Gasteiger partial charge in [-0.05, 0) is 44.0 Å². The summed E-state index contributed by atoms with van der Waals surface area (Å²) in [6.45, 7) is 3.54. The van der Waals surface area contributed by atoms with Crippen LogP contribution >= 0.6 is 0 Å². The van der Waals surface area contributed by atoms with Crippen LogP contribution in [0, 0.1) is 17.0 Å². The Hall–Kier alpha value is -4.01. The summed E-state index contributed by atoms with van der Waals surface area (Å²) in [6.07, 6.45) is 2.27. The van der Waals surface area contributed by atoms with E-state index < -0.39 is 16.3 Å². The van der Waals surface area contributed by atoms with Crippen LogP contribution in [0.3, 0.4) is 0 Å². The summed E-state index contributed by atoms with van der Waals surface area (Å²) in [6, 6.07) is 14.7. The van der Waals surface area contributed by atoms with Crippen LogP contribution in [0.15, 0.2) is 59.4 Å². The first-order chi connectivity index (χ1) is 14.9. The first-order valence-corrected chi connectivity index (χ1v) is 9.95. The van der Waals surface area contributed by atoms with Crippen LogP contribution < -0.4 is 15.6 Å². The van der Waals surface area contributed by atoms with Gasteiger partial charge in [0.2, 0.25) is 5.43 Å². The van der Waals surface area contributed by atoms with E-state index in [2.05, 4.69) is 15.3 Å². The normalized spacial score (nSPS) is 13.3. The minimum absolute atomic E-state index is 0.175. The largest absolute Gasteiger partial charge is 0.371 e. The minimum Gasteiger partial charge on any atom is -0.371 e. The summed E-state index contributed by atoms with van der Waals surface area (Å²) in [5.74, 6) is -0.670. The van der Waals surface area contributed by atoms with Crippen LogP contribution in [0.1, 0.15) is 29.0 Å². The number of carbonyl (C=O) groups is 1. The molecule has 0 saturated carbocycles. The average molecular weight is 419 g/mol. The van der Waals surface area contributed by atoms with E-state index >= 15 is 0 Å². The number of nitrogens with zero attached hydrogens (tertiary/aromatic N) is 4. The molecule has 1 N–H and O–H groups in total. The Morgan fingerprint density at radius 2 is 1.84 bits per heavy atom. The van der Waals surface area contributed by atoms with E-state index in [1.54, 1.807) is 25.1 Å². The summed E-state index contributed by atoms with van der Waals surface area (Å²) < 4.78 is 1.25. The van der Waals surface area contributed by atoms with Gasteiger partial charge in [-0.2, -0.15) is 5.10 Å². The number of nitro benzene ring substituents is 1. The highest BCUT2D eigenvalue weighted by molar-refractivity contribution is 6.03. The molecule has 1 saturated heterocycles. The Balaban J connectivity index is 1.67. The quantitative estimate of drug-likeness (QED) is 0.502. The number of nitrogens with one attached hydrogen (secondary N) is 1. The number of carbonyl (C=O) groups excluding carboxylic acids is 1. The first kappa shape index (κ1) is 20.3. The molecule has 0 unspecified atom stereocenters. The van der Waals surface area contributed by atoms with Crippen molar-refractivity contribution in [1.29, 1.82) is 0 Å². The van der Waals surface area contributed by atoms with Crippen LogP contribution in [-0.2, 0) is 0 Å². The third kappa shape index (κ3) is 4.16. The van der Waals surface area contributed by atoms with E-state index in [1.807, 2.05) is 18.2 Å². The zero-order valence-electron chi connectivity index (χ0n) is 16.9. The van der Waals surface area contributed by atoms with Crippen molar-refractivity contribution in [3.63, 3.8) is 0 Å². The number of hydrogen-bond acceptors (Lipinski definition) is 6. The number of benzene rings is 2. The molecule has 0 atom stereocenters. The Morgan fingerprint density at radius 3 is 2.58 bits per heavy atom. The molecule has 1 aliphatic heterocycles. The number of rotatable bonds is 5. The van der Waals surface area contributed by atoms with Gasteiger partial charge < -0.3 is 10.2 Å². The van der Waals surface area contributed by atoms with Gasteiger partial charge >= 0.3 is 0 Å². The minimum atomic E-state index is -0.670. The number of anilines is 2. The van der Waals surface area contributed by atoms with Crippen LogP contribution in [0.2, 0.25) is 0 Å². The molecule has 31 heavy (non-hydrogen) atoms. The lowest BCUT2D eigenvalue weighted by Gasteiger charge is -2.18. The van der Waals surface area contributed by atoms with E-state index in [4.69, 9.17) is 0 Å². The zero-order chi connectivity index (χ0) is 22.0. The molecular formula is C22H21N5O4.